The number of anilines is 1. The van der Waals surface area contributed by atoms with Crippen LogP contribution in [0.3, 0.4) is 0 Å². The first-order valence-corrected chi connectivity index (χ1v) is 9.31. The number of phenolic OH excluding ortho intramolecular Hbond substituents is 1. The lowest BCUT2D eigenvalue weighted by atomic mass is 10.0. The molecule has 7 nitrogen and oxygen atoms in total. The molecule has 8 heteroatoms. The van der Waals surface area contributed by atoms with Crippen molar-refractivity contribution in [2.24, 2.45) is 0 Å². The number of benzene rings is 1. The Balaban J connectivity index is 1.61. The molecule has 0 radical (unpaired) electrons. The number of phenols is 1. The van der Waals surface area contributed by atoms with E-state index in [0.29, 0.717) is 31.7 Å². The van der Waals surface area contributed by atoms with E-state index >= 15 is 0 Å². The molecule has 0 fully saturated rings. The predicted molar refractivity (Wildman–Crippen MR) is 97.4 cm³/mol. The third-order valence-corrected chi connectivity index (χ3v) is 5.71. The summed E-state index contributed by atoms with van der Waals surface area (Å²) in [5.74, 6) is 0.0223. The number of rotatable bonds is 2. The number of ether oxygens (including phenoxy) is 1. The van der Waals surface area contributed by atoms with Gasteiger partial charge in [-0.25, -0.2) is 4.79 Å². The second-order valence-corrected chi connectivity index (χ2v) is 7.33. The molecule has 0 unspecified atom stereocenters. The lowest BCUT2D eigenvalue weighted by Gasteiger charge is -2.28. The number of fused-ring (bicyclic) bond motifs is 3. The van der Waals surface area contributed by atoms with Gasteiger partial charge in [0.1, 0.15) is 16.9 Å². The number of nitrogens with one attached hydrogen (secondary N) is 2. The van der Waals surface area contributed by atoms with Crippen LogP contribution in [0.5, 0.6) is 5.75 Å². The molecule has 2 aromatic rings. The molecule has 3 heterocycles. The predicted octanol–water partition coefficient (Wildman–Crippen LogP) is 2.82. The fraction of sp³-hybridized carbons (Fsp3) is 0.333. The Morgan fingerprint density at radius 2 is 2.27 bits per heavy atom. The quantitative estimate of drug-likeness (QED) is 0.753. The number of hydrogen-bond acceptors (Lipinski definition) is 6. The van der Waals surface area contributed by atoms with Crippen LogP contribution in [0.25, 0.3) is 0 Å². The fourth-order valence-corrected chi connectivity index (χ4v) is 4.65. The molecule has 136 valence electrons. The average molecular weight is 373 g/mol. The van der Waals surface area contributed by atoms with Crippen LogP contribution in [-0.4, -0.2) is 35.2 Å². The lowest BCUT2D eigenvalue weighted by molar-refractivity contribution is 0.0934. The van der Waals surface area contributed by atoms with Crippen molar-refractivity contribution in [3.8, 4) is 5.75 Å². The van der Waals surface area contributed by atoms with Gasteiger partial charge in [-0.15, -0.1) is 11.3 Å². The number of thiophene rings is 1. The summed E-state index contributed by atoms with van der Waals surface area (Å²) >= 11 is 1.50. The van der Waals surface area contributed by atoms with Gasteiger partial charge in [-0.2, -0.15) is 0 Å². The minimum atomic E-state index is -0.400. The Morgan fingerprint density at radius 3 is 3.04 bits per heavy atom. The molecule has 4 rings (SSSR count). The van der Waals surface area contributed by atoms with E-state index in [4.69, 9.17) is 4.74 Å². The van der Waals surface area contributed by atoms with Crippen LogP contribution in [-0.2, 0) is 17.7 Å². The van der Waals surface area contributed by atoms with Crippen LogP contribution < -0.4 is 10.6 Å². The van der Waals surface area contributed by atoms with Crippen molar-refractivity contribution in [1.82, 2.24) is 10.2 Å². The zero-order valence-corrected chi connectivity index (χ0v) is 15.1. The summed E-state index contributed by atoms with van der Waals surface area (Å²) < 4.78 is 5.08. The van der Waals surface area contributed by atoms with E-state index in [9.17, 15) is 14.7 Å². The summed E-state index contributed by atoms with van der Waals surface area (Å²) in [5.41, 5.74) is 2.46. The summed E-state index contributed by atoms with van der Waals surface area (Å²) in [6.07, 6.45) is -0.0887. The van der Waals surface area contributed by atoms with E-state index in [1.807, 2.05) is 6.07 Å². The number of nitrogens with zero attached hydrogens (tertiary/aromatic N) is 1. The van der Waals surface area contributed by atoms with Crippen LogP contribution >= 0.6 is 11.3 Å². The second-order valence-electron chi connectivity index (χ2n) is 6.22. The van der Waals surface area contributed by atoms with Gasteiger partial charge in [0.05, 0.1) is 18.7 Å². The van der Waals surface area contributed by atoms with Crippen molar-refractivity contribution in [3.05, 3.63) is 45.8 Å². The Kier molecular flexibility index (Phi) is 4.20. The lowest BCUT2D eigenvalue weighted by Crippen LogP contribution is -2.39. The first-order valence-electron chi connectivity index (χ1n) is 8.49. The Hall–Kier alpha value is -2.74. The highest BCUT2D eigenvalue weighted by Crippen LogP contribution is 2.41. The van der Waals surface area contributed by atoms with Gasteiger partial charge in [-0.1, -0.05) is 12.1 Å². The molecule has 1 aromatic heterocycles. The molecule has 2 aliphatic heterocycles. The topological polar surface area (TPSA) is 90.9 Å². The SMILES string of the molecule is CCOC(=O)N1CCc2c(sc3c2C(=O)N[C@H](c2cccc(O)c2)N3)C1. The van der Waals surface area contributed by atoms with Gasteiger partial charge in [0.15, 0.2) is 0 Å². The van der Waals surface area contributed by atoms with Gasteiger partial charge in [0, 0.05) is 11.4 Å². The second kappa shape index (κ2) is 6.53. The minimum Gasteiger partial charge on any atom is -0.508 e. The summed E-state index contributed by atoms with van der Waals surface area (Å²) in [6.45, 7) is 3.13. The van der Waals surface area contributed by atoms with E-state index < -0.39 is 6.17 Å². The molecule has 1 aromatic carbocycles. The number of carbonyl (C=O) groups excluding carboxylic acids is 2. The van der Waals surface area contributed by atoms with Gasteiger partial charge < -0.3 is 25.4 Å². The van der Waals surface area contributed by atoms with Crippen molar-refractivity contribution in [2.45, 2.75) is 26.1 Å². The van der Waals surface area contributed by atoms with Gasteiger partial charge in [0.25, 0.3) is 5.91 Å². The molecule has 0 saturated carbocycles. The molecular formula is C18H19N3O4S. The van der Waals surface area contributed by atoms with Crippen molar-refractivity contribution < 1.29 is 19.4 Å². The molecule has 0 bridgehead atoms. The number of hydrogen-bond donors (Lipinski definition) is 3. The third-order valence-electron chi connectivity index (χ3n) is 4.56. The normalized spacial score (nSPS) is 18.4. The first kappa shape index (κ1) is 16.7. The Morgan fingerprint density at radius 1 is 1.42 bits per heavy atom. The van der Waals surface area contributed by atoms with Crippen LogP contribution in [0.2, 0.25) is 0 Å². The monoisotopic (exact) mass is 373 g/mol. The van der Waals surface area contributed by atoms with E-state index in [-0.39, 0.29) is 17.7 Å². The van der Waals surface area contributed by atoms with Gasteiger partial charge in [0.2, 0.25) is 0 Å². The number of amides is 2. The van der Waals surface area contributed by atoms with Crippen molar-refractivity contribution >= 4 is 28.3 Å². The zero-order chi connectivity index (χ0) is 18.3. The van der Waals surface area contributed by atoms with Crippen LogP contribution in [0.4, 0.5) is 9.80 Å². The first-order chi connectivity index (χ1) is 12.6. The van der Waals surface area contributed by atoms with E-state index in [1.54, 1.807) is 30.0 Å². The minimum absolute atomic E-state index is 0.130. The maximum Gasteiger partial charge on any atom is 0.410 e. The van der Waals surface area contributed by atoms with E-state index in [0.717, 1.165) is 21.0 Å². The van der Waals surface area contributed by atoms with Crippen LogP contribution in [0, 0.1) is 0 Å². The highest BCUT2D eigenvalue weighted by molar-refractivity contribution is 7.16. The maximum atomic E-state index is 12.7. The van der Waals surface area contributed by atoms with Crippen molar-refractivity contribution in [3.63, 3.8) is 0 Å². The Bertz CT molecular complexity index is 879. The van der Waals surface area contributed by atoms with Crippen molar-refractivity contribution in [2.75, 3.05) is 18.5 Å². The molecule has 0 spiro atoms. The smallest absolute Gasteiger partial charge is 0.410 e. The van der Waals surface area contributed by atoms with Gasteiger partial charge in [-0.05, 0) is 36.6 Å². The largest absolute Gasteiger partial charge is 0.508 e. The molecule has 3 N–H and O–H groups in total. The highest BCUT2D eigenvalue weighted by Gasteiger charge is 2.34. The zero-order valence-electron chi connectivity index (χ0n) is 14.2. The third kappa shape index (κ3) is 2.86. The van der Waals surface area contributed by atoms with Crippen LogP contribution in [0.15, 0.2) is 24.3 Å². The molecule has 1 atom stereocenters. The van der Waals surface area contributed by atoms with E-state index in [2.05, 4.69) is 10.6 Å². The summed E-state index contributed by atoms with van der Waals surface area (Å²) in [6, 6.07) is 6.80. The summed E-state index contributed by atoms with van der Waals surface area (Å²) in [7, 11) is 0. The van der Waals surface area contributed by atoms with Gasteiger partial charge >= 0.3 is 6.09 Å². The number of aromatic hydroxyl groups is 1. The Labute approximate surface area is 154 Å². The molecular weight excluding hydrogens is 354 g/mol. The molecule has 26 heavy (non-hydrogen) atoms. The molecule has 2 amide bonds. The fourth-order valence-electron chi connectivity index (χ4n) is 3.36. The average Bonchev–Trinajstić information content (AvgIpc) is 2.99. The van der Waals surface area contributed by atoms with Crippen LogP contribution in [0.1, 0.15) is 39.5 Å². The maximum absolute atomic E-state index is 12.7. The molecule has 0 saturated heterocycles. The van der Waals surface area contributed by atoms with Crippen molar-refractivity contribution in [1.29, 1.82) is 0 Å². The molecule has 0 aliphatic carbocycles. The van der Waals surface area contributed by atoms with Gasteiger partial charge in [-0.3, -0.25) is 4.79 Å². The van der Waals surface area contributed by atoms with E-state index in [1.165, 1.54) is 11.3 Å². The molecule has 2 aliphatic rings. The number of carbonyl (C=O) groups is 2. The standard InChI is InChI=1S/C18H19N3O4S/c1-2-25-18(24)21-7-6-12-13(9-21)26-17-14(12)16(23)19-15(20-17)10-4-3-5-11(22)8-10/h3-5,8,15,20,22H,2,6-7,9H2,1H3,(H,19,23)/t15-/m0/s1. The summed E-state index contributed by atoms with van der Waals surface area (Å²) in [4.78, 5) is 27.3. The summed E-state index contributed by atoms with van der Waals surface area (Å²) in [5, 5.41) is 16.8. The highest BCUT2D eigenvalue weighted by atomic mass is 32.1.